The summed E-state index contributed by atoms with van der Waals surface area (Å²) in [5.41, 5.74) is 2.42. The van der Waals surface area contributed by atoms with Crippen molar-refractivity contribution in [1.29, 1.82) is 0 Å². The monoisotopic (exact) mass is 250 g/mol. The van der Waals surface area contributed by atoms with E-state index in [1.54, 1.807) is 6.92 Å². The van der Waals surface area contributed by atoms with Gasteiger partial charge in [0, 0.05) is 18.8 Å². The van der Waals surface area contributed by atoms with Crippen molar-refractivity contribution in [3.63, 3.8) is 0 Å². The number of guanidine groups is 1. The minimum Gasteiger partial charge on any atom is -0.352 e. The van der Waals surface area contributed by atoms with E-state index in [0.29, 0.717) is 12.5 Å². The Kier molecular flexibility index (Phi) is 7.07. The molecular weight excluding hydrogens is 228 g/mol. The van der Waals surface area contributed by atoms with Crippen LogP contribution in [0.15, 0.2) is 4.99 Å². The SMILES string of the molecule is CCCCN=C(NN)NC(C)CS(C)(=O)=O. The molecule has 0 fully saturated rings. The van der Waals surface area contributed by atoms with Gasteiger partial charge in [-0.3, -0.25) is 10.4 Å². The average Bonchev–Trinajstić information content (AvgIpc) is 2.13. The summed E-state index contributed by atoms with van der Waals surface area (Å²) in [5.74, 6) is 5.77. The minimum atomic E-state index is -2.99. The molecular formula is C9H22N4O2S. The predicted molar refractivity (Wildman–Crippen MR) is 66.8 cm³/mol. The highest BCUT2D eigenvalue weighted by molar-refractivity contribution is 7.90. The average molecular weight is 250 g/mol. The van der Waals surface area contributed by atoms with E-state index in [2.05, 4.69) is 22.7 Å². The summed E-state index contributed by atoms with van der Waals surface area (Å²) in [6, 6.07) is -0.216. The molecule has 0 bridgehead atoms. The predicted octanol–water partition coefficient (Wildman–Crippen LogP) is -0.371. The van der Waals surface area contributed by atoms with E-state index in [1.165, 1.54) is 6.26 Å². The second-order valence-corrected chi connectivity index (χ2v) is 6.05. The van der Waals surface area contributed by atoms with Gasteiger partial charge in [0.1, 0.15) is 9.84 Å². The van der Waals surface area contributed by atoms with Crippen molar-refractivity contribution in [2.75, 3.05) is 18.6 Å². The maximum Gasteiger partial charge on any atom is 0.205 e. The fourth-order valence-corrected chi connectivity index (χ4v) is 2.20. The van der Waals surface area contributed by atoms with Crippen molar-refractivity contribution in [2.45, 2.75) is 32.7 Å². The van der Waals surface area contributed by atoms with Gasteiger partial charge < -0.3 is 5.32 Å². The van der Waals surface area contributed by atoms with Gasteiger partial charge in [0.15, 0.2) is 0 Å². The zero-order valence-corrected chi connectivity index (χ0v) is 11.0. The molecule has 6 nitrogen and oxygen atoms in total. The van der Waals surface area contributed by atoms with Crippen molar-refractivity contribution in [3.05, 3.63) is 0 Å². The first-order valence-corrected chi connectivity index (χ1v) is 7.40. The molecule has 0 aromatic rings. The molecule has 0 radical (unpaired) electrons. The summed E-state index contributed by atoms with van der Waals surface area (Å²) in [4.78, 5) is 4.18. The fraction of sp³-hybridized carbons (Fsp3) is 0.889. The second kappa shape index (κ2) is 7.45. The quantitative estimate of drug-likeness (QED) is 0.196. The molecule has 0 aliphatic heterocycles. The molecule has 0 amide bonds. The molecule has 0 spiro atoms. The normalized spacial score (nSPS) is 14.6. The maximum atomic E-state index is 11.0. The summed E-state index contributed by atoms with van der Waals surface area (Å²) in [6.45, 7) is 4.52. The topological polar surface area (TPSA) is 96.6 Å². The first-order chi connectivity index (χ1) is 7.39. The van der Waals surface area contributed by atoms with Crippen LogP contribution >= 0.6 is 0 Å². The van der Waals surface area contributed by atoms with E-state index in [-0.39, 0.29) is 11.8 Å². The Hall–Kier alpha value is -0.820. The number of rotatable bonds is 6. The fourth-order valence-electron chi connectivity index (χ4n) is 1.21. The van der Waals surface area contributed by atoms with Gasteiger partial charge in [0.05, 0.1) is 5.75 Å². The molecule has 0 heterocycles. The molecule has 0 saturated carbocycles. The maximum absolute atomic E-state index is 11.0. The van der Waals surface area contributed by atoms with Crippen LogP contribution in [0.2, 0.25) is 0 Å². The molecule has 0 saturated heterocycles. The van der Waals surface area contributed by atoms with Crippen LogP contribution in [-0.2, 0) is 9.84 Å². The van der Waals surface area contributed by atoms with Gasteiger partial charge in [-0.15, -0.1) is 0 Å². The van der Waals surface area contributed by atoms with Crippen molar-refractivity contribution in [3.8, 4) is 0 Å². The van der Waals surface area contributed by atoms with Crippen LogP contribution in [0.5, 0.6) is 0 Å². The van der Waals surface area contributed by atoms with Gasteiger partial charge in [-0.2, -0.15) is 0 Å². The summed E-state index contributed by atoms with van der Waals surface area (Å²) in [6.07, 6.45) is 3.24. The molecule has 0 aromatic carbocycles. The molecule has 4 N–H and O–H groups in total. The van der Waals surface area contributed by atoms with Gasteiger partial charge in [-0.05, 0) is 13.3 Å². The lowest BCUT2D eigenvalue weighted by atomic mass is 10.3. The lowest BCUT2D eigenvalue weighted by Crippen LogP contribution is -2.47. The minimum absolute atomic E-state index is 0.0570. The third-order valence-corrected chi connectivity index (χ3v) is 2.96. The molecule has 0 aliphatic carbocycles. The van der Waals surface area contributed by atoms with Crippen molar-refractivity contribution in [2.24, 2.45) is 10.8 Å². The van der Waals surface area contributed by atoms with Crippen molar-refractivity contribution in [1.82, 2.24) is 10.7 Å². The number of unbranched alkanes of at least 4 members (excludes halogenated alkanes) is 1. The third-order valence-electron chi connectivity index (χ3n) is 1.85. The van der Waals surface area contributed by atoms with Gasteiger partial charge in [0.25, 0.3) is 0 Å². The van der Waals surface area contributed by atoms with E-state index in [4.69, 9.17) is 5.84 Å². The largest absolute Gasteiger partial charge is 0.352 e. The smallest absolute Gasteiger partial charge is 0.205 e. The van der Waals surface area contributed by atoms with Gasteiger partial charge in [0.2, 0.25) is 5.96 Å². The lowest BCUT2D eigenvalue weighted by Gasteiger charge is -2.15. The van der Waals surface area contributed by atoms with Crippen LogP contribution in [0.3, 0.4) is 0 Å². The van der Waals surface area contributed by atoms with E-state index < -0.39 is 9.84 Å². The Morgan fingerprint density at radius 1 is 1.50 bits per heavy atom. The molecule has 7 heteroatoms. The number of nitrogens with zero attached hydrogens (tertiary/aromatic N) is 1. The highest BCUT2D eigenvalue weighted by Gasteiger charge is 2.11. The number of hydrazine groups is 1. The highest BCUT2D eigenvalue weighted by Crippen LogP contribution is 1.91. The third kappa shape index (κ3) is 8.49. The van der Waals surface area contributed by atoms with Gasteiger partial charge >= 0.3 is 0 Å². The Labute approximate surface area is 97.6 Å². The zero-order chi connectivity index (χ0) is 12.6. The lowest BCUT2D eigenvalue weighted by molar-refractivity contribution is 0.589. The van der Waals surface area contributed by atoms with Crippen LogP contribution in [0.4, 0.5) is 0 Å². The first-order valence-electron chi connectivity index (χ1n) is 5.34. The van der Waals surface area contributed by atoms with Gasteiger partial charge in [-0.25, -0.2) is 14.3 Å². The van der Waals surface area contributed by atoms with Crippen LogP contribution in [0.25, 0.3) is 0 Å². The van der Waals surface area contributed by atoms with E-state index in [0.717, 1.165) is 12.8 Å². The number of hydrogen-bond acceptors (Lipinski definition) is 4. The molecule has 1 atom stereocenters. The summed E-state index contributed by atoms with van der Waals surface area (Å²) in [5, 5.41) is 2.92. The number of sulfone groups is 1. The van der Waals surface area contributed by atoms with E-state index in [9.17, 15) is 8.42 Å². The zero-order valence-electron chi connectivity index (χ0n) is 10.2. The summed E-state index contributed by atoms with van der Waals surface area (Å²) in [7, 11) is -2.99. The van der Waals surface area contributed by atoms with Crippen LogP contribution in [-0.4, -0.2) is 39.0 Å². The Bertz CT molecular complexity index is 313. The van der Waals surface area contributed by atoms with Crippen LogP contribution < -0.4 is 16.6 Å². The number of hydrogen-bond donors (Lipinski definition) is 3. The van der Waals surface area contributed by atoms with Gasteiger partial charge in [-0.1, -0.05) is 13.3 Å². The number of aliphatic imine (C=N–C) groups is 1. The highest BCUT2D eigenvalue weighted by atomic mass is 32.2. The number of nitrogens with one attached hydrogen (secondary N) is 2. The van der Waals surface area contributed by atoms with Crippen molar-refractivity contribution >= 4 is 15.8 Å². The Balaban J connectivity index is 4.16. The summed E-state index contributed by atoms with van der Waals surface area (Å²) < 4.78 is 22.1. The molecule has 0 rings (SSSR count). The molecule has 0 aliphatic rings. The second-order valence-electron chi connectivity index (χ2n) is 3.87. The molecule has 16 heavy (non-hydrogen) atoms. The van der Waals surface area contributed by atoms with E-state index in [1.807, 2.05) is 0 Å². The van der Waals surface area contributed by atoms with Crippen LogP contribution in [0.1, 0.15) is 26.7 Å². The molecule has 0 aromatic heterocycles. The Morgan fingerprint density at radius 3 is 2.56 bits per heavy atom. The standard InChI is InChI=1S/C9H22N4O2S/c1-4-5-6-11-9(13-10)12-8(2)7-16(3,14)15/h8H,4-7,10H2,1-3H3,(H2,11,12,13). The Morgan fingerprint density at radius 2 is 2.12 bits per heavy atom. The van der Waals surface area contributed by atoms with Crippen molar-refractivity contribution < 1.29 is 8.42 Å². The summed E-state index contributed by atoms with van der Waals surface area (Å²) >= 11 is 0. The first kappa shape index (κ1) is 15.2. The van der Waals surface area contributed by atoms with Crippen LogP contribution in [0, 0.1) is 0 Å². The molecule has 1 unspecified atom stereocenters. The van der Waals surface area contributed by atoms with E-state index >= 15 is 0 Å². The molecule has 96 valence electrons. The number of nitrogens with two attached hydrogens (primary N) is 1.